The molecule has 0 saturated carbocycles. The van der Waals surface area contributed by atoms with Crippen LogP contribution >= 0.6 is 23.5 Å². The Morgan fingerprint density at radius 2 is 1.17 bits per heavy atom. The lowest BCUT2D eigenvalue weighted by Crippen LogP contribution is -2.42. The lowest BCUT2D eigenvalue weighted by atomic mass is 10.0. The molecule has 0 radical (unpaired) electrons. The van der Waals surface area contributed by atoms with E-state index in [0.29, 0.717) is 99.0 Å². The fraction of sp³-hybridized carbons (Fsp3) is 0.775. The van der Waals surface area contributed by atoms with Crippen LogP contribution in [0, 0.1) is 0 Å². The van der Waals surface area contributed by atoms with Crippen molar-refractivity contribution in [1.29, 1.82) is 0 Å². The first kappa shape index (κ1) is 55.7. The standard InChI is InChI=1S/C40H69N9O13S2/c1-28(50)47(60)22-10-2-7-19-41-32(51)15-17-36(55)48(61)23-11-3-8-20-42-33(52)16-18-37(56)49(62)24-12-4-9-21-43-35(54)27-63-25-30(39(57)58)44-34(53)14-6-5-13-31-38-29(26-64-31)45-40(59)46-38/h29-31,38,60-62H,2-27H2,1H3,(H,41,51)(H,42,52)(H,43,54)(H,44,53)(H,57,58)(H2,45,46,59). The Morgan fingerprint density at radius 3 is 1.69 bits per heavy atom. The molecule has 24 heteroatoms. The highest BCUT2D eigenvalue weighted by atomic mass is 32.2. The predicted octanol–water partition coefficient (Wildman–Crippen LogP) is 1.11. The number of nitrogens with zero attached hydrogens (tertiary/aromatic N) is 3. The summed E-state index contributed by atoms with van der Waals surface area (Å²) in [5, 5.41) is 57.4. The molecule has 2 aliphatic rings. The Kier molecular flexibility index (Phi) is 28.1. The summed E-state index contributed by atoms with van der Waals surface area (Å²) in [6.07, 6.45) is 7.05. The molecule has 4 unspecified atom stereocenters. The predicted molar refractivity (Wildman–Crippen MR) is 236 cm³/mol. The van der Waals surface area contributed by atoms with Gasteiger partial charge in [-0.1, -0.05) is 6.42 Å². The van der Waals surface area contributed by atoms with Crippen LogP contribution in [0.2, 0.25) is 0 Å². The number of fused-ring (bicyclic) bond motifs is 1. The van der Waals surface area contributed by atoms with Gasteiger partial charge in [0.25, 0.3) is 0 Å². The van der Waals surface area contributed by atoms with Crippen molar-refractivity contribution in [2.24, 2.45) is 0 Å². The van der Waals surface area contributed by atoms with E-state index in [9.17, 15) is 63.9 Å². The number of unbranched alkanes of at least 4 members (excludes halogenated alkanes) is 7. The Morgan fingerprint density at radius 1 is 0.656 bits per heavy atom. The largest absolute Gasteiger partial charge is 0.480 e. The molecule has 22 nitrogen and oxygen atoms in total. The number of amides is 9. The van der Waals surface area contributed by atoms with Gasteiger partial charge in [-0.05, 0) is 70.6 Å². The van der Waals surface area contributed by atoms with E-state index in [1.54, 1.807) is 11.8 Å². The Bertz CT molecular complexity index is 1530. The molecule has 2 rings (SSSR count). The number of rotatable bonds is 35. The fourth-order valence-electron chi connectivity index (χ4n) is 6.69. The Balaban J connectivity index is 1.40. The summed E-state index contributed by atoms with van der Waals surface area (Å²) in [5.74, 6) is -3.26. The minimum Gasteiger partial charge on any atom is -0.480 e. The molecular formula is C40H69N9O13S2. The van der Waals surface area contributed by atoms with E-state index >= 15 is 0 Å². The third-order valence-corrected chi connectivity index (χ3v) is 13.0. The monoisotopic (exact) mass is 947 g/mol. The maximum atomic E-state index is 12.4. The Hall–Kier alpha value is -4.39. The van der Waals surface area contributed by atoms with E-state index < -0.39 is 29.7 Å². The number of carbonyl (C=O) groups excluding carboxylic acids is 8. The fourth-order valence-corrected chi connectivity index (χ4v) is 9.10. The molecule has 0 aliphatic carbocycles. The number of carboxylic acids is 1. The smallest absolute Gasteiger partial charge is 0.327 e. The van der Waals surface area contributed by atoms with E-state index in [1.807, 2.05) is 0 Å². The summed E-state index contributed by atoms with van der Waals surface area (Å²) in [6.45, 7) is 2.66. The number of hydroxylamine groups is 6. The number of hydrogen-bond donors (Lipinski definition) is 10. The first-order valence-corrected chi connectivity index (χ1v) is 24.3. The van der Waals surface area contributed by atoms with Gasteiger partial charge in [0.15, 0.2) is 0 Å². The van der Waals surface area contributed by atoms with Crippen LogP contribution in [0.15, 0.2) is 0 Å². The van der Waals surface area contributed by atoms with E-state index in [-0.39, 0.29) is 110 Å². The second kappa shape index (κ2) is 32.3. The van der Waals surface area contributed by atoms with Crippen LogP contribution in [0.25, 0.3) is 0 Å². The molecule has 0 aromatic heterocycles. The Labute approximate surface area is 382 Å². The highest BCUT2D eigenvalue weighted by Gasteiger charge is 2.42. The van der Waals surface area contributed by atoms with Crippen molar-refractivity contribution >= 4 is 76.9 Å². The zero-order valence-corrected chi connectivity index (χ0v) is 38.4. The van der Waals surface area contributed by atoms with E-state index in [1.165, 1.54) is 6.92 Å². The van der Waals surface area contributed by atoms with E-state index in [2.05, 4.69) is 31.9 Å². The van der Waals surface area contributed by atoms with Crippen molar-refractivity contribution in [1.82, 2.24) is 47.1 Å². The quantitative estimate of drug-likeness (QED) is 0.0184. The van der Waals surface area contributed by atoms with Crippen molar-refractivity contribution in [2.75, 3.05) is 56.5 Å². The van der Waals surface area contributed by atoms with Crippen LogP contribution in [0.1, 0.15) is 116 Å². The van der Waals surface area contributed by atoms with Crippen molar-refractivity contribution in [3.8, 4) is 0 Å². The van der Waals surface area contributed by atoms with Crippen LogP contribution in [0.3, 0.4) is 0 Å². The number of hydrogen-bond acceptors (Lipinski definition) is 14. The molecule has 2 saturated heterocycles. The molecule has 0 bridgehead atoms. The molecule has 0 spiro atoms. The van der Waals surface area contributed by atoms with Gasteiger partial charge in [0.2, 0.25) is 41.4 Å². The molecule has 4 atom stereocenters. The number of aliphatic carboxylic acids is 1. The lowest BCUT2D eigenvalue weighted by molar-refractivity contribution is -0.166. The van der Waals surface area contributed by atoms with Crippen LogP contribution in [-0.2, 0) is 38.4 Å². The van der Waals surface area contributed by atoms with E-state index in [0.717, 1.165) is 30.4 Å². The zero-order chi connectivity index (χ0) is 47.3. The summed E-state index contributed by atoms with van der Waals surface area (Å²) in [7, 11) is 0. The molecular weight excluding hydrogens is 879 g/mol. The first-order chi connectivity index (χ1) is 30.6. The maximum Gasteiger partial charge on any atom is 0.327 e. The molecule has 0 aromatic carbocycles. The van der Waals surface area contributed by atoms with Crippen LogP contribution in [0.4, 0.5) is 4.79 Å². The van der Waals surface area contributed by atoms with Gasteiger partial charge in [0.05, 0.1) is 17.8 Å². The average Bonchev–Trinajstić information content (AvgIpc) is 3.82. The van der Waals surface area contributed by atoms with Gasteiger partial charge in [-0.2, -0.15) is 11.8 Å². The molecule has 9 amide bonds. The van der Waals surface area contributed by atoms with Gasteiger partial charge in [0.1, 0.15) is 6.04 Å². The third-order valence-electron chi connectivity index (χ3n) is 10.4. The van der Waals surface area contributed by atoms with Gasteiger partial charge in [-0.15, -0.1) is 11.8 Å². The number of urea groups is 1. The van der Waals surface area contributed by atoms with E-state index in [4.69, 9.17) is 0 Å². The second-order valence-corrected chi connectivity index (χ2v) is 18.1. The number of thioether (sulfide) groups is 2. The molecule has 10 N–H and O–H groups in total. The zero-order valence-electron chi connectivity index (χ0n) is 36.8. The topological polar surface area (TPSA) is 316 Å². The van der Waals surface area contributed by atoms with Crippen molar-refractivity contribution < 1.29 is 63.9 Å². The molecule has 2 fully saturated rings. The summed E-state index contributed by atoms with van der Waals surface area (Å²) in [5.41, 5.74) is 0. The van der Waals surface area contributed by atoms with Crippen LogP contribution < -0.4 is 31.9 Å². The van der Waals surface area contributed by atoms with Crippen molar-refractivity contribution in [3.05, 3.63) is 0 Å². The van der Waals surface area contributed by atoms with Gasteiger partial charge >= 0.3 is 12.0 Å². The van der Waals surface area contributed by atoms with Crippen LogP contribution in [-0.4, -0.2) is 169 Å². The maximum absolute atomic E-state index is 12.4. The first-order valence-electron chi connectivity index (χ1n) is 22.1. The summed E-state index contributed by atoms with van der Waals surface area (Å²) in [6, 6.07) is -1.04. The van der Waals surface area contributed by atoms with Crippen LogP contribution in [0.5, 0.6) is 0 Å². The minimum absolute atomic E-state index is 0.00985. The highest BCUT2D eigenvalue weighted by molar-refractivity contribution is 8.00. The lowest BCUT2D eigenvalue weighted by Gasteiger charge is -2.17. The third kappa shape index (κ3) is 24.6. The highest BCUT2D eigenvalue weighted by Crippen LogP contribution is 2.33. The molecule has 64 heavy (non-hydrogen) atoms. The average molecular weight is 948 g/mol. The summed E-state index contributed by atoms with van der Waals surface area (Å²) < 4.78 is 0. The van der Waals surface area contributed by atoms with Gasteiger partial charge in [0, 0.05) is 95.1 Å². The normalized spacial score (nSPS) is 16.7. The summed E-state index contributed by atoms with van der Waals surface area (Å²) >= 11 is 2.89. The SMILES string of the molecule is CC(=O)N(O)CCCCCNC(=O)CCC(=O)N(O)CCCCCNC(=O)CCC(=O)N(O)CCCCCNC(=O)CSCC(NC(=O)CCCCC1SCC2NC(=O)NC21)C(=O)O. The number of nitrogens with one attached hydrogen (secondary N) is 6. The second-order valence-electron chi connectivity index (χ2n) is 15.7. The molecule has 364 valence electrons. The van der Waals surface area contributed by atoms with Crippen molar-refractivity contribution in [3.63, 3.8) is 0 Å². The minimum atomic E-state index is -1.18. The van der Waals surface area contributed by atoms with Gasteiger partial charge < -0.3 is 37.0 Å². The number of carbonyl (C=O) groups is 9. The number of carboxylic acid groups (broad SMARTS) is 1. The van der Waals surface area contributed by atoms with Crippen molar-refractivity contribution in [2.45, 2.75) is 139 Å². The van der Waals surface area contributed by atoms with Gasteiger partial charge in [-0.3, -0.25) is 49.2 Å². The molecule has 2 aliphatic heterocycles. The molecule has 2 heterocycles. The van der Waals surface area contributed by atoms with Gasteiger partial charge in [-0.25, -0.2) is 24.8 Å². The molecule has 0 aromatic rings. The summed E-state index contributed by atoms with van der Waals surface area (Å²) in [4.78, 5) is 107.